The highest BCUT2D eigenvalue weighted by molar-refractivity contribution is 9.10. The highest BCUT2D eigenvalue weighted by atomic mass is 79.9. The minimum Gasteiger partial charge on any atom is -0.508 e. The second-order valence-electron chi connectivity index (χ2n) is 6.64. The van der Waals surface area contributed by atoms with Crippen molar-refractivity contribution in [2.24, 2.45) is 0 Å². The van der Waals surface area contributed by atoms with Crippen LogP contribution in [0.25, 0.3) is 11.1 Å². The van der Waals surface area contributed by atoms with Gasteiger partial charge in [0.25, 0.3) is 0 Å². The maximum atomic E-state index is 11.4. The molecule has 3 aromatic rings. The predicted molar refractivity (Wildman–Crippen MR) is 115 cm³/mol. The Labute approximate surface area is 178 Å². The monoisotopic (exact) mass is 449 g/mol. The van der Waals surface area contributed by atoms with Crippen LogP contribution in [0.15, 0.2) is 59.2 Å². The lowest BCUT2D eigenvalue weighted by Gasteiger charge is -2.18. The molecule has 5 nitrogen and oxygen atoms in total. The van der Waals surface area contributed by atoms with E-state index in [0.717, 1.165) is 38.7 Å². The molecule has 146 valence electrons. The fraction of sp³-hybridized carbons (Fsp3) is 0.174. The van der Waals surface area contributed by atoms with Crippen LogP contribution in [-0.4, -0.2) is 16.0 Å². The number of carbonyl (C=O) groups excluding carboxylic acids is 1. The summed E-state index contributed by atoms with van der Waals surface area (Å²) in [4.78, 5) is 15.5. The zero-order chi connectivity index (χ0) is 20.8. The maximum absolute atomic E-state index is 11.4. The first kappa shape index (κ1) is 20.6. The number of pyridine rings is 1. The van der Waals surface area contributed by atoms with E-state index in [-0.39, 0.29) is 11.7 Å². The molecule has 0 saturated carbocycles. The summed E-state index contributed by atoms with van der Waals surface area (Å²) in [6, 6.07) is 17.0. The molecule has 2 N–H and O–H groups in total. The molecule has 0 fully saturated rings. The number of nitriles is 1. The van der Waals surface area contributed by atoms with Crippen LogP contribution in [0.1, 0.15) is 29.3 Å². The van der Waals surface area contributed by atoms with Crippen molar-refractivity contribution in [2.75, 3.05) is 0 Å². The molecule has 1 heterocycles. The van der Waals surface area contributed by atoms with Crippen LogP contribution in [0.2, 0.25) is 0 Å². The van der Waals surface area contributed by atoms with E-state index < -0.39 is 0 Å². The quantitative estimate of drug-likeness (QED) is 0.579. The number of amides is 1. The number of aromatic hydroxyl groups is 1. The van der Waals surface area contributed by atoms with Crippen molar-refractivity contribution >= 4 is 21.8 Å². The van der Waals surface area contributed by atoms with Crippen LogP contribution in [-0.2, 0) is 24.2 Å². The number of aryl methyl sites for hydroxylation is 1. The van der Waals surface area contributed by atoms with Crippen molar-refractivity contribution < 1.29 is 9.90 Å². The van der Waals surface area contributed by atoms with Gasteiger partial charge in [-0.3, -0.25) is 4.79 Å². The number of phenolic OH excluding ortho intramolecular Hbond substituents is 1. The number of halogens is 1. The molecule has 0 aliphatic rings. The van der Waals surface area contributed by atoms with Gasteiger partial charge >= 0.3 is 0 Å². The molecular formula is C23H20BrN3O2. The van der Waals surface area contributed by atoms with Gasteiger partial charge in [-0.05, 0) is 59.4 Å². The minimum absolute atomic E-state index is 0.133. The lowest BCUT2D eigenvalue weighted by molar-refractivity contribution is -0.119. The first-order valence-corrected chi connectivity index (χ1v) is 9.97. The Morgan fingerprint density at radius 3 is 2.69 bits per heavy atom. The molecule has 1 amide bonds. The largest absolute Gasteiger partial charge is 0.508 e. The van der Waals surface area contributed by atoms with Crippen LogP contribution in [0, 0.1) is 11.3 Å². The van der Waals surface area contributed by atoms with Gasteiger partial charge in [0.05, 0.1) is 0 Å². The van der Waals surface area contributed by atoms with Crippen molar-refractivity contribution in [3.05, 3.63) is 81.6 Å². The van der Waals surface area contributed by atoms with E-state index >= 15 is 0 Å². The number of hydrogen-bond acceptors (Lipinski definition) is 4. The van der Waals surface area contributed by atoms with E-state index in [1.165, 1.54) is 6.92 Å². The summed E-state index contributed by atoms with van der Waals surface area (Å²) >= 11 is 3.57. The first-order valence-electron chi connectivity index (χ1n) is 9.17. The van der Waals surface area contributed by atoms with Crippen molar-refractivity contribution in [3.8, 4) is 22.9 Å². The molecule has 1 aromatic heterocycles. The summed E-state index contributed by atoms with van der Waals surface area (Å²) in [5.74, 6) is 0.0557. The molecule has 0 aliphatic heterocycles. The number of benzene rings is 2. The van der Waals surface area contributed by atoms with Gasteiger partial charge in [-0.1, -0.05) is 40.2 Å². The van der Waals surface area contributed by atoms with E-state index in [1.807, 2.05) is 30.3 Å². The summed E-state index contributed by atoms with van der Waals surface area (Å²) in [5.41, 5.74) is 4.69. The molecule has 2 aromatic carbocycles. The van der Waals surface area contributed by atoms with E-state index in [4.69, 9.17) is 0 Å². The van der Waals surface area contributed by atoms with Crippen molar-refractivity contribution in [1.82, 2.24) is 10.3 Å². The third-order valence-corrected chi connectivity index (χ3v) is 5.44. The molecule has 0 atom stereocenters. The molecule has 0 unspecified atom stereocenters. The van der Waals surface area contributed by atoms with Gasteiger partial charge in [0.1, 0.15) is 17.5 Å². The molecule has 29 heavy (non-hydrogen) atoms. The van der Waals surface area contributed by atoms with E-state index in [9.17, 15) is 15.2 Å². The fourth-order valence-corrected chi connectivity index (χ4v) is 3.76. The number of nitrogens with zero attached hydrogens (tertiary/aromatic N) is 2. The number of carbonyl (C=O) groups is 1. The highest BCUT2D eigenvalue weighted by Crippen LogP contribution is 2.35. The number of rotatable bonds is 6. The molecular weight excluding hydrogens is 430 g/mol. The fourth-order valence-electron chi connectivity index (χ4n) is 3.27. The molecule has 3 rings (SSSR count). The summed E-state index contributed by atoms with van der Waals surface area (Å²) in [6.45, 7) is 1.80. The second-order valence-corrected chi connectivity index (χ2v) is 7.49. The molecule has 0 aliphatic carbocycles. The van der Waals surface area contributed by atoms with Gasteiger partial charge in [-0.2, -0.15) is 5.26 Å². The summed E-state index contributed by atoms with van der Waals surface area (Å²) in [5, 5.41) is 22.7. The van der Waals surface area contributed by atoms with Crippen LogP contribution in [0.4, 0.5) is 0 Å². The molecule has 0 spiro atoms. The maximum Gasteiger partial charge on any atom is 0.217 e. The average molecular weight is 450 g/mol. The third-order valence-electron chi connectivity index (χ3n) is 4.67. The van der Waals surface area contributed by atoms with E-state index in [0.29, 0.717) is 18.7 Å². The Morgan fingerprint density at radius 1 is 1.17 bits per heavy atom. The molecule has 0 bridgehead atoms. The van der Waals surface area contributed by atoms with Crippen LogP contribution in [0.3, 0.4) is 0 Å². The Hall–Kier alpha value is -3.17. The van der Waals surface area contributed by atoms with Crippen LogP contribution >= 0.6 is 15.9 Å². The third kappa shape index (κ3) is 5.01. The van der Waals surface area contributed by atoms with Gasteiger partial charge in [0.2, 0.25) is 5.91 Å². The van der Waals surface area contributed by atoms with Gasteiger partial charge in [-0.25, -0.2) is 4.98 Å². The van der Waals surface area contributed by atoms with Gasteiger partial charge in [-0.15, -0.1) is 0 Å². The van der Waals surface area contributed by atoms with Gasteiger partial charge < -0.3 is 10.4 Å². The number of aromatic nitrogens is 1. The van der Waals surface area contributed by atoms with Crippen LogP contribution in [0.5, 0.6) is 5.75 Å². The SMILES string of the molecule is CC(=O)NCc1ccc(O)c(CCc2ccccc2Br)c1-c1ccnc(C#N)c1. The molecule has 0 radical (unpaired) electrons. The van der Waals surface area contributed by atoms with E-state index in [1.54, 1.807) is 24.4 Å². The Kier molecular flexibility index (Phi) is 6.63. The standard InChI is InChI=1S/C23H20BrN3O2/c1-15(28)27-14-18-7-9-22(29)20(8-6-16-4-2-3-5-21(16)24)23(18)17-10-11-26-19(12-17)13-25/h2-5,7,9-12,29H,6,8,14H2,1H3,(H,27,28). The summed E-state index contributed by atoms with van der Waals surface area (Å²) in [7, 11) is 0. The zero-order valence-electron chi connectivity index (χ0n) is 15.9. The minimum atomic E-state index is -0.133. The summed E-state index contributed by atoms with van der Waals surface area (Å²) < 4.78 is 1.02. The number of phenols is 1. The Balaban J connectivity index is 2.07. The smallest absolute Gasteiger partial charge is 0.217 e. The van der Waals surface area contributed by atoms with E-state index in [2.05, 4.69) is 32.3 Å². The second kappa shape index (κ2) is 9.35. The van der Waals surface area contributed by atoms with Gasteiger partial charge in [0.15, 0.2) is 0 Å². The first-order chi connectivity index (χ1) is 14.0. The van der Waals surface area contributed by atoms with Crippen molar-refractivity contribution in [1.29, 1.82) is 5.26 Å². The number of hydrogen-bond donors (Lipinski definition) is 2. The topological polar surface area (TPSA) is 86.0 Å². The zero-order valence-corrected chi connectivity index (χ0v) is 17.5. The van der Waals surface area contributed by atoms with Gasteiger partial charge in [0, 0.05) is 29.7 Å². The Morgan fingerprint density at radius 2 is 1.97 bits per heavy atom. The van der Waals surface area contributed by atoms with Crippen molar-refractivity contribution in [2.45, 2.75) is 26.3 Å². The van der Waals surface area contributed by atoms with Crippen molar-refractivity contribution in [3.63, 3.8) is 0 Å². The van der Waals surface area contributed by atoms with Crippen LogP contribution < -0.4 is 5.32 Å². The number of nitrogens with one attached hydrogen (secondary N) is 1. The lowest BCUT2D eigenvalue weighted by atomic mass is 9.90. The lowest BCUT2D eigenvalue weighted by Crippen LogP contribution is -2.19. The average Bonchev–Trinajstić information content (AvgIpc) is 2.72. The molecule has 6 heteroatoms. The predicted octanol–water partition coefficient (Wildman–Crippen LogP) is 4.51. The Bertz CT molecular complexity index is 1090. The summed E-state index contributed by atoms with van der Waals surface area (Å²) in [6.07, 6.45) is 2.90. The highest BCUT2D eigenvalue weighted by Gasteiger charge is 2.16. The normalized spacial score (nSPS) is 10.4. The molecule has 0 saturated heterocycles.